The summed E-state index contributed by atoms with van der Waals surface area (Å²) in [5.41, 5.74) is 5.25. The van der Waals surface area contributed by atoms with Gasteiger partial charge >= 0.3 is 5.97 Å². The van der Waals surface area contributed by atoms with E-state index in [0.29, 0.717) is 0 Å². The summed E-state index contributed by atoms with van der Waals surface area (Å²) in [6.45, 7) is 0.844. The van der Waals surface area contributed by atoms with Crippen LogP contribution in [-0.4, -0.2) is 82.2 Å². The van der Waals surface area contributed by atoms with Crippen molar-refractivity contribution in [1.82, 2.24) is 5.32 Å². The first-order valence-corrected chi connectivity index (χ1v) is 6.66. The monoisotopic (exact) mass is 322 g/mol. The fourth-order valence-electron chi connectivity index (χ4n) is 2.32. The molecule has 1 unspecified atom stereocenters. The third-order valence-corrected chi connectivity index (χ3v) is 3.43. The standard InChI is InChI=1S/C12H22N2O8/c1-5(15)14-8-6(16)3-12(20,11(19)21-2)22-10(8)9(18)7(17)4-13/h6-10,16-18,20H,3-4,13H2,1-2H3,(H,14,15)/t6-,7+,8+,9+,10?,12-/m0/s1. The quantitative estimate of drug-likeness (QED) is 0.277. The number of hydrogen-bond donors (Lipinski definition) is 6. The zero-order valence-electron chi connectivity index (χ0n) is 12.3. The minimum absolute atomic E-state index is 0.333. The number of rotatable bonds is 5. The van der Waals surface area contributed by atoms with Gasteiger partial charge in [0.05, 0.1) is 25.4 Å². The minimum atomic E-state index is -2.51. The molecule has 1 rings (SSSR count). The number of amides is 1. The Morgan fingerprint density at radius 2 is 2.09 bits per heavy atom. The van der Waals surface area contributed by atoms with Crippen LogP contribution in [0.3, 0.4) is 0 Å². The number of ether oxygens (including phenoxy) is 2. The van der Waals surface area contributed by atoms with Crippen molar-refractivity contribution in [2.75, 3.05) is 13.7 Å². The molecule has 0 aromatic carbocycles. The van der Waals surface area contributed by atoms with E-state index in [9.17, 15) is 30.0 Å². The summed E-state index contributed by atoms with van der Waals surface area (Å²) in [5, 5.41) is 42.3. The van der Waals surface area contributed by atoms with Crippen LogP contribution in [0, 0.1) is 0 Å². The van der Waals surface area contributed by atoms with Crippen molar-refractivity contribution in [3.8, 4) is 0 Å². The molecule has 1 aliphatic heterocycles. The summed E-state index contributed by atoms with van der Waals surface area (Å²) in [5.74, 6) is -4.22. The molecule has 0 aliphatic carbocycles. The van der Waals surface area contributed by atoms with E-state index in [1.54, 1.807) is 0 Å². The molecule has 128 valence electrons. The average Bonchev–Trinajstić information content (AvgIpc) is 2.46. The molecule has 1 amide bonds. The summed E-state index contributed by atoms with van der Waals surface area (Å²) in [4.78, 5) is 22.8. The summed E-state index contributed by atoms with van der Waals surface area (Å²) < 4.78 is 9.53. The Morgan fingerprint density at radius 1 is 1.50 bits per heavy atom. The Kier molecular flexibility index (Phi) is 6.23. The molecule has 1 saturated heterocycles. The van der Waals surface area contributed by atoms with Gasteiger partial charge in [-0.25, -0.2) is 4.79 Å². The third-order valence-electron chi connectivity index (χ3n) is 3.43. The molecule has 10 heteroatoms. The zero-order valence-corrected chi connectivity index (χ0v) is 12.3. The van der Waals surface area contributed by atoms with E-state index in [4.69, 9.17) is 10.5 Å². The van der Waals surface area contributed by atoms with Crippen LogP contribution in [-0.2, 0) is 19.1 Å². The highest BCUT2D eigenvalue weighted by atomic mass is 16.7. The van der Waals surface area contributed by atoms with Gasteiger partial charge in [-0.15, -0.1) is 0 Å². The van der Waals surface area contributed by atoms with Crippen molar-refractivity contribution in [1.29, 1.82) is 0 Å². The largest absolute Gasteiger partial charge is 0.465 e. The molecule has 0 aromatic rings. The van der Waals surface area contributed by atoms with Gasteiger partial charge in [-0.1, -0.05) is 0 Å². The van der Waals surface area contributed by atoms with Crippen molar-refractivity contribution in [3.63, 3.8) is 0 Å². The van der Waals surface area contributed by atoms with Gasteiger partial charge in [-0.3, -0.25) is 4.79 Å². The van der Waals surface area contributed by atoms with Crippen LogP contribution >= 0.6 is 0 Å². The lowest BCUT2D eigenvalue weighted by molar-refractivity contribution is -0.295. The molecular formula is C12H22N2O8. The van der Waals surface area contributed by atoms with Gasteiger partial charge < -0.3 is 41.0 Å². The van der Waals surface area contributed by atoms with E-state index in [-0.39, 0.29) is 6.54 Å². The van der Waals surface area contributed by atoms with Gasteiger partial charge in [-0.05, 0) is 0 Å². The Morgan fingerprint density at radius 3 is 2.55 bits per heavy atom. The molecule has 1 aliphatic rings. The summed E-state index contributed by atoms with van der Waals surface area (Å²) in [6, 6.07) is -1.15. The molecule has 0 spiro atoms. The van der Waals surface area contributed by atoms with Crippen molar-refractivity contribution in [2.24, 2.45) is 5.73 Å². The second-order valence-electron chi connectivity index (χ2n) is 5.15. The van der Waals surface area contributed by atoms with E-state index in [2.05, 4.69) is 10.1 Å². The highest BCUT2D eigenvalue weighted by Crippen LogP contribution is 2.31. The maximum absolute atomic E-state index is 11.6. The molecular weight excluding hydrogens is 300 g/mol. The van der Waals surface area contributed by atoms with Crippen molar-refractivity contribution >= 4 is 11.9 Å². The normalized spacial score (nSPS) is 34.6. The van der Waals surface area contributed by atoms with Gasteiger partial charge in [0.25, 0.3) is 5.79 Å². The number of carbonyl (C=O) groups excluding carboxylic acids is 2. The predicted molar refractivity (Wildman–Crippen MR) is 71.1 cm³/mol. The van der Waals surface area contributed by atoms with Gasteiger partial charge in [0.1, 0.15) is 12.2 Å². The Labute approximate surface area is 126 Å². The fraction of sp³-hybridized carbons (Fsp3) is 0.833. The Balaban J connectivity index is 3.09. The summed E-state index contributed by atoms with van der Waals surface area (Å²) in [7, 11) is 1.01. The minimum Gasteiger partial charge on any atom is -0.465 e. The second kappa shape index (κ2) is 7.31. The maximum atomic E-state index is 11.6. The van der Waals surface area contributed by atoms with Gasteiger partial charge in [0, 0.05) is 19.9 Å². The molecule has 0 bridgehead atoms. The first-order valence-electron chi connectivity index (χ1n) is 6.66. The van der Waals surface area contributed by atoms with Crippen LogP contribution in [0.25, 0.3) is 0 Å². The van der Waals surface area contributed by atoms with Gasteiger partial charge in [-0.2, -0.15) is 0 Å². The molecule has 22 heavy (non-hydrogen) atoms. The molecule has 7 N–H and O–H groups in total. The van der Waals surface area contributed by atoms with Gasteiger partial charge in [0.2, 0.25) is 5.91 Å². The topological polar surface area (TPSA) is 172 Å². The highest BCUT2D eigenvalue weighted by Gasteiger charge is 2.54. The Hall–Kier alpha value is -1.30. The first kappa shape index (κ1) is 18.7. The summed E-state index contributed by atoms with van der Waals surface area (Å²) in [6.07, 6.45) is -6.59. The van der Waals surface area contributed by atoms with E-state index in [1.165, 1.54) is 6.92 Å². The summed E-state index contributed by atoms with van der Waals surface area (Å²) >= 11 is 0. The Bertz CT molecular complexity index is 420. The average molecular weight is 322 g/mol. The van der Waals surface area contributed by atoms with Crippen LogP contribution in [0.5, 0.6) is 0 Å². The van der Waals surface area contributed by atoms with E-state index >= 15 is 0 Å². The molecule has 0 aromatic heterocycles. The molecule has 10 nitrogen and oxygen atoms in total. The van der Waals surface area contributed by atoms with Crippen molar-refractivity contribution in [2.45, 2.75) is 49.6 Å². The first-order chi connectivity index (χ1) is 10.2. The number of nitrogens with one attached hydrogen (secondary N) is 1. The van der Waals surface area contributed by atoms with Crippen LogP contribution in [0.15, 0.2) is 0 Å². The lowest BCUT2D eigenvalue weighted by atomic mass is 9.88. The lowest BCUT2D eigenvalue weighted by Crippen LogP contribution is -2.67. The van der Waals surface area contributed by atoms with Crippen LogP contribution in [0.2, 0.25) is 0 Å². The molecule has 0 radical (unpaired) electrons. The second-order valence-corrected chi connectivity index (χ2v) is 5.15. The molecule has 1 heterocycles. The number of nitrogens with two attached hydrogens (primary N) is 1. The van der Waals surface area contributed by atoms with Crippen LogP contribution < -0.4 is 11.1 Å². The fourth-order valence-corrected chi connectivity index (χ4v) is 2.32. The number of aliphatic hydroxyl groups excluding tert-OH is 3. The smallest absolute Gasteiger partial charge is 0.366 e. The van der Waals surface area contributed by atoms with E-state index < -0.39 is 54.5 Å². The zero-order chi connectivity index (χ0) is 17.1. The number of carbonyl (C=O) groups is 2. The van der Waals surface area contributed by atoms with Crippen LogP contribution in [0.4, 0.5) is 0 Å². The third kappa shape index (κ3) is 3.91. The SMILES string of the molecule is COC(=O)[C@]1(O)C[C@H](O)[C@@H](NC(C)=O)C([C@H](O)[C@H](O)CN)O1. The van der Waals surface area contributed by atoms with E-state index in [0.717, 1.165) is 7.11 Å². The molecule has 1 fully saturated rings. The predicted octanol–water partition coefficient (Wildman–Crippen LogP) is -3.82. The number of hydrogen-bond acceptors (Lipinski definition) is 9. The maximum Gasteiger partial charge on any atom is 0.366 e. The molecule has 0 saturated carbocycles. The number of aliphatic hydroxyl groups is 4. The molecule has 6 atom stereocenters. The lowest BCUT2D eigenvalue weighted by Gasteiger charge is -2.45. The highest BCUT2D eigenvalue weighted by molar-refractivity contribution is 5.78. The number of esters is 1. The van der Waals surface area contributed by atoms with Crippen LogP contribution in [0.1, 0.15) is 13.3 Å². The van der Waals surface area contributed by atoms with Crippen molar-refractivity contribution < 1.29 is 39.5 Å². The van der Waals surface area contributed by atoms with Crippen molar-refractivity contribution in [3.05, 3.63) is 0 Å². The van der Waals surface area contributed by atoms with Gasteiger partial charge in [0.15, 0.2) is 0 Å². The van der Waals surface area contributed by atoms with E-state index in [1.807, 2.05) is 0 Å². The number of methoxy groups -OCH3 is 1.